The van der Waals surface area contributed by atoms with Gasteiger partial charge in [0.2, 0.25) is 5.91 Å². The number of carboxylic acids is 1. The zero-order valence-corrected chi connectivity index (χ0v) is 17.3. The molecule has 0 aromatic heterocycles. The third-order valence-corrected chi connectivity index (χ3v) is 4.06. The molecule has 158 valence electrons. The third-order valence-electron chi connectivity index (χ3n) is 4.06. The summed E-state index contributed by atoms with van der Waals surface area (Å²) in [6.07, 6.45) is 23.4. The molecular formula is C23H37NO4. The molecule has 5 heteroatoms. The average Bonchev–Trinajstić information content (AvgIpc) is 2.65. The predicted octanol–water partition coefficient (Wildman–Crippen LogP) is 4.69. The Morgan fingerprint density at radius 3 is 2.39 bits per heavy atom. The Morgan fingerprint density at radius 1 is 0.964 bits per heavy atom. The van der Waals surface area contributed by atoms with E-state index in [1.54, 1.807) is 6.08 Å². The monoisotopic (exact) mass is 391 g/mol. The molecule has 0 heterocycles. The standard InChI is InChI=1S/C23H37NO4/c1-3-4-5-6-11-14-17-21(25)18-15-12-9-7-8-10-13-16-19-22(26)24-20(2)23(27)28/h8-12,14-15,18,20-21,25H,3-7,13,16-17,19H2,1-2H3,(H,24,26)(H,27,28)/b10-8-,12-9-,14-11-,18-15+/t20-,21-/m0/s1. The van der Waals surface area contributed by atoms with Crippen molar-refractivity contribution < 1.29 is 19.8 Å². The van der Waals surface area contributed by atoms with E-state index in [0.29, 0.717) is 19.3 Å². The summed E-state index contributed by atoms with van der Waals surface area (Å²) >= 11 is 0. The van der Waals surface area contributed by atoms with E-state index in [9.17, 15) is 14.7 Å². The van der Waals surface area contributed by atoms with Crippen molar-refractivity contribution in [2.45, 2.75) is 83.8 Å². The van der Waals surface area contributed by atoms with Crippen molar-refractivity contribution in [2.24, 2.45) is 0 Å². The van der Waals surface area contributed by atoms with Gasteiger partial charge in [0.1, 0.15) is 6.04 Å². The van der Waals surface area contributed by atoms with Crippen molar-refractivity contribution in [1.29, 1.82) is 0 Å². The minimum Gasteiger partial charge on any atom is -0.480 e. The van der Waals surface area contributed by atoms with Crippen LogP contribution in [0.5, 0.6) is 0 Å². The number of aliphatic hydroxyl groups is 1. The van der Waals surface area contributed by atoms with Crippen molar-refractivity contribution >= 4 is 11.9 Å². The SMILES string of the molecule is CCCCC/C=C\C[C@H](O)/C=C/C=C\C/C=C\CCCC(=O)N[C@@H](C)C(=O)O. The highest BCUT2D eigenvalue weighted by Gasteiger charge is 2.12. The van der Waals surface area contributed by atoms with Gasteiger partial charge in [-0.25, -0.2) is 0 Å². The summed E-state index contributed by atoms with van der Waals surface area (Å²) in [6, 6.07) is -0.846. The highest BCUT2D eigenvalue weighted by Crippen LogP contribution is 2.03. The first-order valence-corrected chi connectivity index (χ1v) is 10.3. The van der Waals surface area contributed by atoms with E-state index in [1.807, 2.05) is 36.5 Å². The molecule has 0 saturated carbocycles. The Hall–Kier alpha value is -2.14. The first-order chi connectivity index (χ1) is 13.5. The van der Waals surface area contributed by atoms with E-state index in [1.165, 1.54) is 26.2 Å². The van der Waals surface area contributed by atoms with Gasteiger partial charge in [0, 0.05) is 6.42 Å². The minimum atomic E-state index is -1.03. The molecule has 0 aliphatic heterocycles. The molecule has 3 N–H and O–H groups in total. The Morgan fingerprint density at radius 2 is 1.68 bits per heavy atom. The minimum absolute atomic E-state index is 0.234. The topological polar surface area (TPSA) is 86.6 Å². The van der Waals surface area contributed by atoms with Crippen molar-refractivity contribution in [2.75, 3.05) is 0 Å². The number of carboxylic acid groups (broad SMARTS) is 1. The summed E-state index contributed by atoms with van der Waals surface area (Å²) in [4.78, 5) is 22.1. The number of unbranched alkanes of at least 4 members (excludes halogenated alkanes) is 4. The van der Waals surface area contributed by atoms with Crippen LogP contribution < -0.4 is 5.32 Å². The van der Waals surface area contributed by atoms with Crippen LogP contribution in [-0.4, -0.2) is 34.2 Å². The molecule has 0 fully saturated rings. The number of hydrogen-bond acceptors (Lipinski definition) is 3. The second-order valence-corrected chi connectivity index (χ2v) is 6.81. The van der Waals surface area contributed by atoms with Gasteiger partial charge in [-0.15, -0.1) is 0 Å². The van der Waals surface area contributed by atoms with Gasteiger partial charge in [0.15, 0.2) is 0 Å². The van der Waals surface area contributed by atoms with Crippen molar-refractivity contribution in [3.05, 3.63) is 48.6 Å². The van der Waals surface area contributed by atoms with Gasteiger partial charge >= 0.3 is 5.97 Å². The lowest BCUT2D eigenvalue weighted by Crippen LogP contribution is -2.38. The molecule has 0 aliphatic rings. The smallest absolute Gasteiger partial charge is 0.325 e. The summed E-state index contributed by atoms with van der Waals surface area (Å²) in [7, 11) is 0. The zero-order valence-electron chi connectivity index (χ0n) is 17.3. The maximum absolute atomic E-state index is 11.5. The number of amides is 1. The molecule has 0 aromatic carbocycles. The van der Waals surface area contributed by atoms with Gasteiger partial charge < -0.3 is 15.5 Å². The van der Waals surface area contributed by atoms with Gasteiger partial charge in [0.05, 0.1) is 6.10 Å². The van der Waals surface area contributed by atoms with Crippen LogP contribution in [0.25, 0.3) is 0 Å². The van der Waals surface area contributed by atoms with E-state index in [4.69, 9.17) is 5.11 Å². The number of carbonyl (C=O) groups is 2. The summed E-state index contributed by atoms with van der Waals surface area (Å²) in [6.45, 7) is 3.64. The van der Waals surface area contributed by atoms with Gasteiger partial charge in [-0.3, -0.25) is 9.59 Å². The number of hydrogen-bond donors (Lipinski definition) is 3. The molecular weight excluding hydrogens is 354 g/mol. The van der Waals surface area contributed by atoms with Crippen molar-refractivity contribution in [3.8, 4) is 0 Å². The van der Waals surface area contributed by atoms with Crippen molar-refractivity contribution in [3.63, 3.8) is 0 Å². The average molecular weight is 392 g/mol. The molecule has 0 radical (unpaired) electrons. The van der Waals surface area contributed by atoms with E-state index >= 15 is 0 Å². The fourth-order valence-corrected chi connectivity index (χ4v) is 2.34. The van der Waals surface area contributed by atoms with Crippen LogP contribution in [0.4, 0.5) is 0 Å². The summed E-state index contributed by atoms with van der Waals surface area (Å²) < 4.78 is 0. The van der Waals surface area contributed by atoms with Crippen LogP contribution in [0.2, 0.25) is 0 Å². The maximum atomic E-state index is 11.5. The molecule has 0 rings (SSSR count). The van der Waals surface area contributed by atoms with Crippen molar-refractivity contribution in [1.82, 2.24) is 5.32 Å². The number of carbonyl (C=O) groups excluding carboxylic acids is 1. The number of allylic oxidation sites excluding steroid dienone is 6. The van der Waals surface area contributed by atoms with E-state index in [0.717, 1.165) is 19.3 Å². The van der Waals surface area contributed by atoms with E-state index in [-0.39, 0.29) is 5.91 Å². The van der Waals surface area contributed by atoms with Crippen LogP contribution in [0, 0.1) is 0 Å². The zero-order chi connectivity index (χ0) is 21.0. The van der Waals surface area contributed by atoms with Crippen LogP contribution in [0.15, 0.2) is 48.6 Å². The number of aliphatic carboxylic acids is 1. The van der Waals surface area contributed by atoms with E-state index < -0.39 is 18.1 Å². The molecule has 28 heavy (non-hydrogen) atoms. The normalized spacial score (nSPS) is 14.4. The number of aliphatic hydroxyl groups excluding tert-OH is 1. The fraction of sp³-hybridized carbons (Fsp3) is 0.565. The van der Waals surface area contributed by atoms with Gasteiger partial charge in [-0.2, -0.15) is 0 Å². The highest BCUT2D eigenvalue weighted by atomic mass is 16.4. The predicted molar refractivity (Wildman–Crippen MR) is 115 cm³/mol. The summed E-state index contributed by atoms with van der Waals surface area (Å²) in [5.41, 5.74) is 0. The van der Waals surface area contributed by atoms with Gasteiger partial charge in [0.25, 0.3) is 0 Å². The summed E-state index contributed by atoms with van der Waals surface area (Å²) in [5.74, 6) is -1.26. The molecule has 0 spiro atoms. The first-order valence-electron chi connectivity index (χ1n) is 10.3. The molecule has 0 saturated heterocycles. The second kappa shape index (κ2) is 18.2. The molecule has 1 amide bonds. The van der Waals surface area contributed by atoms with Crippen LogP contribution in [0.3, 0.4) is 0 Å². The lowest BCUT2D eigenvalue weighted by Gasteiger charge is -2.08. The molecule has 0 unspecified atom stereocenters. The largest absolute Gasteiger partial charge is 0.480 e. The molecule has 5 nitrogen and oxygen atoms in total. The Kier molecular flexibility index (Phi) is 16.8. The lowest BCUT2D eigenvalue weighted by atomic mass is 10.1. The van der Waals surface area contributed by atoms with Crippen LogP contribution in [-0.2, 0) is 9.59 Å². The van der Waals surface area contributed by atoms with E-state index in [2.05, 4.69) is 18.3 Å². The fourth-order valence-electron chi connectivity index (χ4n) is 2.34. The Bertz CT molecular complexity index is 535. The Balaban J connectivity index is 3.73. The highest BCUT2D eigenvalue weighted by molar-refractivity contribution is 5.83. The van der Waals surface area contributed by atoms with Crippen LogP contribution >= 0.6 is 0 Å². The van der Waals surface area contributed by atoms with Gasteiger partial charge in [-0.1, -0.05) is 68.4 Å². The van der Waals surface area contributed by atoms with Crippen LogP contribution in [0.1, 0.15) is 71.6 Å². The first kappa shape index (κ1) is 25.9. The second-order valence-electron chi connectivity index (χ2n) is 6.81. The molecule has 0 aromatic rings. The quantitative estimate of drug-likeness (QED) is 0.202. The summed E-state index contributed by atoms with van der Waals surface area (Å²) in [5, 5.41) is 21.0. The molecule has 2 atom stereocenters. The number of nitrogens with one attached hydrogen (secondary N) is 1. The van der Waals surface area contributed by atoms with Gasteiger partial charge in [-0.05, 0) is 45.4 Å². The number of rotatable bonds is 16. The Labute approximate surface area is 169 Å². The molecule has 0 aliphatic carbocycles. The maximum Gasteiger partial charge on any atom is 0.325 e. The molecule has 0 bridgehead atoms. The lowest BCUT2D eigenvalue weighted by molar-refractivity contribution is -0.141. The third kappa shape index (κ3) is 17.3.